The second-order valence-corrected chi connectivity index (χ2v) is 6.76. The Hall–Kier alpha value is -2.35. The minimum absolute atomic E-state index is 0.811. The predicted octanol–water partition coefficient (Wildman–Crippen LogP) is 5.19. The zero-order valence-electron chi connectivity index (χ0n) is 15.1. The van der Waals surface area contributed by atoms with E-state index in [1.165, 1.54) is 35.1 Å². The van der Waals surface area contributed by atoms with E-state index in [4.69, 9.17) is 0 Å². The van der Waals surface area contributed by atoms with Gasteiger partial charge in [0.25, 0.3) is 0 Å². The molecule has 2 aromatic carbocycles. The molecular formula is C23H27NO. The monoisotopic (exact) mass is 333 g/mol. The first-order valence-electron chi connectivity index (χ1n) is 9.39. The molecule has 1 aliphatic heterocycles. The van der Waals surface area contributed by atoms with Crippen LogP contribution in [0.3, 0.4) is 0 Å². The number of unbranched alkanes of at least 4 members (excludes halogenated alkanes) is 2. The molecule has 0 radical (unpaired) electrons. The molecule has 0 N–H and O–H groups in total. The minimum Gasteiger partial charge on any atom is -0.314 e. The fraction of sp³-hybridized carbons (Fsp3) is 0.348. The average molecular weight is 333 g/mol. The summed E-state index contributed by atoms with van der Waals surface area (Å²) < 4.78 is 0. The van der Waals surface area contributed by atoms with Crippen LogP contribution in [0.25, 0.3) is 6.08 Å². The van der Waals surface area contributed by atoms with Crippen molar-refractivity contribution in [1.82, 2.24) is 0 Å². The Morgan fingerprint density at radius 2 is 1.84 bits per heavy atom. The number of carbonyl (C=O) groups is 1. The number of aryl methyl sites for hydroxylation is 2. The smallest absolute Gasteiger partial charge is 0.214 e. The van der Waals surface area contributed by atoms with Crippen LogP contribution in [0.15, 0.2) is 48.5 Å². The third-order valence-electron chi connectivity index (χ3n) is 5.00. The van der Waals surface area contributed by atoms with Crippen LogP contribution >= 0.6 is 0 Å². The van der Waals surface area contributed by atoms with Gasteiger partial charge in [-0.15, -0.1) is 0 Å². The van der Waals surface area contributed by atoms with Crippen molar-refractivity contribution >= 4 is 18.2 Å². The normalized spacial score (nSPS) is 13.4. The van der Waals surface area contributed by atoms with Gasteiger partial charge in [-0.1, -0.05) is 55.5 Å². The maximum atomic E-state index is 11.1. The van der Waals surface area contributed by atoms with Crippen molar-refractivity contribution in [3.63, 3.8) is 0 Å². The molecular weight excluding hydrogens is 306 g/mol. The van der Waals surface area contributed by atoms with Gasteiger partial charge in [-0.3, -0.25) is 4.79 Å². The molecule has 0 bridgehead atoms. The van der Waals surface area contributed by atoms with Crippen molar-refractivity contribution in [3.05, 3.63) is 70.8 Å². The molecule has 0 unspecified atom stereocenters. The summed E-state index contributed by atoms with van der Waals surface area (Å²) in [7, 11) is 0. The lowest BCUT2D eigenvalue weighted by molar-refractivity contribution is -0.107. The van der Waals surface area contributed by atoms with Crippen molar-refractivity contribution in [2.45, 2.75) is 45.4 Å². The summed E-state index contributed by atoms with van der Waals surface area (Å²) in [5.74, 6) is 0. The van der Waals surface area contributed by atoms with Gasteiger partial charge in [0.2, 0.25) is 6.41 Å². The molecule has 0 aromatic heterocycles. The molecule has 1 amide bonds. The molecule has 0 aliphatic carbocycles. The number of hydrogen-bond acceptors (Lipinski definition) is 1. The highest BCUT2D eigenvalue weighted by Gasteiger charge is 2.17. The lowest BCUT2D eigenvalue weighted by atomic mass is 10.0. The van der Waals surface area contributed by atoms with Crippen molar-refractivity contribution in [2.24, 2.45) is 0 Å². The van der Waals surface area contributed by atoms with Gasteiger partial charge < -0.3 is 4.90 Å². The summed E-state index contributed by atoms with van der Waals surface area (Å²) >= 11 is 0. The second-order valence-electron chi connectivity index (χ2n) is 6.76. The highest BCUT2D eigenvalue weighted by atomic mass is 16.1. The van der Waals surface area contributed by atoms with Gasteiger partial charge in [0.05, 0.1) is 0 Å². The van der Waals surface area contributed by atoms with Gasteiger partial charge in [0.15, 0.2) is 0 Å². The third-order valence-corrected chi connectivity index (χ3v) is 5.00. The highest BCUT2D eigenvalue weighted by molar-refractivity contribution is 5.80. The van der Waals surface area contributed by atoms with E-state index in [1.54, 1.807) is 4.90 Å². The zero-order valence-corrected chi connectivity index (χ0v) is 15.1. The molecule has 25 heavy (non-hydrogen) atoms. The van der Waals surface area contributed by atoms with Gasteiger partial charge in [0, 0.05) is 12.2 Å². The molecule has 0 spiro atoms. The fourth-order valence-electron chi connectivity index (χ4n) is 3.39. The van der Waals surface area contributed by atoms with Crippen molar-refractivity contribution in [1.29, 1.82) is 0 Å². The Morgan fingerprint density at radius 1 is 1.04 bits per heavy atom. The van der Waals surface area contributed by atoms with E-state index >= 15 is 0 Å². The quantitative estimate of drug-likeness (QED) is 0.480. The molecule has 1 heterocycles. The van der Waals surface area contributed by atoms with E-state index in [0.717, 1.165) is 44.3 Å². The molecule has 130 valence electrons. The summed E-state index contributed by atoms with van der Waals surface area (Å²) in [5, 5.41) is 0. The van der Waals surface area contributed by atoms with Crippen LogP contribution in [0.5, 0.6) is 0 Å². The third kappa shape index (κ3) is 4.60. The average Bonchev–Trinajstić information content (AvgIpc) is 3.07. The van der Waals surface area contributed by atoms with Gasteiger partial charge in [-0.2, -0.15) is 0 Å². The van der Waals surface area contributed by atoms with Gasteiger partial charge in [0.1, 0.15) is 0 Å². The largest absolute Gasteiger partial charge is 0.314 e. The van der Waals surface area contributed by atoms with E-state index < -0.39 is 0 Å². The SMILES string of the molecule is CCc1ccc(CCCCC=Cc2ccc3c(c2)N(C=O)CC3)cc1. The Kier molecular flexibility index (Phi) is 6.05. The first kappa shape index (κ1) is 17.5. The number of allylic oxidation sites excluding steroid dienone is 1. The number of nitrogens with zero attached hydrogens (tertiary/aromatic N) is 1. The molecule has 1 aliphatic rings. The molecule has 0 saturated carbocycles. The summed E-state index contributed by atoms with van der Waals surface area (Å²) in [4.78, 5) is 12.9. The second kappa shape index (κ2) is 8.66. The van der Waals surface area contributed by atoms with Crippen molar-refractivity contribution < 1.29 is 4.79 Å². The highest BCUT2D eigenvalue weighted by Crippen LogP contribution is 2.28. The molecule has 0 atom stereocenters. The van der Waals surface area contributed by atoms with Gasteiger partial charge >= 0.3 is 0 Å². The lowest BCUT2D eigenvalue weighted by Crippen LogP contribution is -2.17. The van der Waals surface area contributed by atoms with Crippen molar-refractivity contribution in [3.8, 4) is 0 Å². The van der Waals surface area contributed by atoms with E-state index in [2.05, 4.69) is 61.5 Å². The topological polar surface area (TPSA) is 20.3 Å². The van der Waals surface area contributed by atoms with E-state index in [1.807, 2.05) is 0 Å². The Balaban J connectivity index is 1.43. The summed E-state index contributed by atoms with van der Waals surface area (Å²) in [6.07, 6.45) is 12.1. The predicted molar refractivity (Wildman–Crippen MR) is 106 cm³/mol. The maximum Gasteiger partial charge on any atom is 0.214 e. The number of carbonyl (C=O) groups excluding carboxylic acids is 1. The molecule has 3 rings (SSSR count). The zero-order chi connectivity index (χ0) is 17.5. The van der Waals surface area contributed by atoms with Crippen LogP contribution in [0.2, 0.25) is 0 Å². The fourth-order valence-corrected chi connectivity index (χ4v) is 3.39. The van der Waals surface area contributed by atoms with Crippen LogP contribution < -0.4 is 4.90 Å². The molecule has 2 aromatic rings. The van der Waals surface area contributed by atoms with Crippen LogP contribution in [0.4, 0.5) is 5.69 Å². The van der Waals surface area contributed by atoms with E-state index in [0.29, 0.717) is 0 Å². The molecule has 2 heteroatoms. The Morgan fingerprint density at radius 3 is 2.60 bits per heavy atom. The number of benzene rings is 2. The van der Waals surface area contributed by atoms with Crippen LogP contribution in [0.1, 0.15) is 48.4 Å². The molecule has 2 nitrogen and oxygen atoms in total. The summed E-state index contributed by atoms with van der Waals surface area (Å²) in [6, 6.07) is 15.4. The van der Waals surface area contributed by atoms with Gasteiger partial charge in [-0.05, 0) is 66.8 Å². The number of rotatable bonds is 8. The molecule has 0 fully saturated rings. The number of hydrogen-bond donors (Lipinski definition) is 0. The van der Waals surface area contributed by atoms with Crippen molar-refractivity contribution in [2.75, 3.05) is 11.4 Å². The van der Waals surface area contributed by atoms with E-state index in [-0.39, 0.29) is 0 Å². The standard InChI is InChI=1S/C23H27NO/c1-2-19-9-11-20(12-10-19)7-5-3-4-6-8-21-13-14-22-15-16-24(18-25)23(22)17-21/h6,8-14,17-18H,2-5,7,15-16H2,1H3. The summed E-state index contributed by atoms with van der Waals surface area (Å²) in [5.41, 5.74) is 6.39. The minimum atomic E-state index is 0.811. The van der Waals surface area contributed by atoms with E-state index in [9.17, 15) is 4.79 Å². The first-order valence-corrected chi connectivity index (χ1v) is 9.39. The summed E-state index contributed by atoms with van der Waals surface area (Å²) in [6.45, 7) is 3.00. The number of amides is 1. The first-order chi connectivity index (χ1) is 12.3. The van der Waals surface area contributed by atoms with Crippen LogP contribution in [-0.2, 0) is 24.1 Å². The Labute approximate surface area is 151 Å². The lowest BCUT2D eigenvalue weighted by Gasteiger charge is -2.10. The van der Waals surface area contributed by atoms with Crippen LogP contribution in [-0.4, -0.2) is 13.0 Å². The van der Waals surface area contributed by atoms with Crippen LogP contribution in [0, 0.1) is 0 Å². The Bertz CT molecular complexity index is 730. The maximum absolute atomic E-state index is 11.1. The number of fused-ring (bicyclic) bond motifs is 1. The molecule has 0 saturated heterocycles. The van der Waals surface area contributed by atoms with Gasteiger partial charge in [-0.25, -0.2) is 0 Å². The number of anilines is 1.